The molecular weight excluding hydrogens is 294 g/mol. The molecule has 0 spiro atoms. The Labute approximate surface area is 137 Å². The first kappa shape index (κ1) is 16.6. The first-order valence-electron chi connectivity index (χ1n) is 7.80. The molecule has 0 aliphatic carbocycles. The van der Waals surface area contributed by atoms with E-state index in [-0.39, 0.29) is 5.37 Å². The molecule has 2 nitrogen and oxygen atoms in total. The molecule has 1 amide bonds. The minimum absolute atomic E-state index is 0.307. The number of nitrogens with zero attached hydrogens (tertiary/aromatic N) is 1. The minimum atomic E-state index is -0.357. The Morgan fingerprint density at radius 2 is 1.23 bits per heavy atom. The number of amides is 1. The summed E-state index contributed by atoms with van der Waals surface area (Å²) in [5, 5.41) is -0.357. The number of halogens is 1. The standard InChI is InChI=1S/C17H16ClNO.C2H6/c18-17(20)19-11-15(13-7-3-1-4-8-13)16(12-19)14-9-5-2-6-10-14;1-2/h1-10,15-16H,11-12H2;1-2H3. The topological polar surface area (TPSA) is 20.3 Å². The van der Waals surface area contributed by atoms with Crippen LogP contribution in [0.25, 0.3) is 0 Å². The zero-order valence-electron chi connectivity index (χ0n) is 13.1. The van der Waals surface area contributed by atoms with Gasteiger partial charge >= 0.3 is 5.37 Å². The van der Waals surface area contributed by atoms with E-state index in [2.05, 4.69) is 24.3 Å². The molecule has 1 heterocycles. The molecular formula is C19H22ClNO. The lowest BCUT2D eigenvalue weighted by molar-refractivity contribution is 0.231. The van der Waals surface area contributed by atoms with Crippen LogP contribution < -0.4 is 0 Å². The largest absolute Gasteiger partial charge is 0.328 e. The van der Waals surface area contributed by atoms with E-state index in [4.69, 9.17) is 11.6 Å². The van der Waals surface area contributed by atoms with Crippen molar-refractivity contribution in [1.29, 1.82) is 0 Å². The van der Waals surface area contributed by atoms with Crippen molar-refractivity contribution in [3.05, 3.63) is 71.8 Å². The van der Waals surface area contributed by atoms with Gasteiger partial charge in [-0.15, -0.1) is 0 Å². The Bertz CT molecular complexity index is 537. The molecule has 1 saturated heterocycles. The third kappa shape index (κ3) is 3.69. The molecule has 2 aromatic carbocycles. The monoisotopic (exact) mass is 315 g/mol. The Morgan fingerprint density at radius 3 is 1.55 bits per heavy atom. The third-order valence-corrected chi connectivity index (χ3v) is 4.26. The molecule has 22 heavy (non-hydrogen) atoms. The van der Waals surface area contributed by atoms with Crippen LogP contribution in [0.4, 0.5) is 4.79 Å². The Morgan fingerprint density at radius 1 is 0.864 bits per heavy atom. The van der Waals surface area contributed by atoms with E-state index in [9.17, 15) is 4.79 Å². The van der Waals surface area contributed by atoms with Gasteiger partial charge in [0.25, 0.3) is 0 Å². The molecule has 0 bridgehead atoms. The van der Waals surface area contributed by atoms with Gasteiger partial charge in [0.15, 0.2) is 0 Å². The fourth-order valence-electron chi connectivity index (χ4n) is 3.02. The normalized spacial score (nSPS) is 20.2. The summed E-state index contributed by atoms with van der Waals surface area (Å²) in [6, 6.07) is 20.7. The van der Waals surface area contributed by atoms with E-state index >= 15 is 0 Å². The number of hydrogen-bond donors (Lipinski definition) is 0. The summed E-state index contributed by atoms with van der Waals surface area (Å²) in [4.78, 5) is 13.2. The van der Waals surface area contributed by atoms with E-state index in [1.54, 1.807) is 4.90 Å². The Balaban J connectivity index is 0.000000847. The summed E-state index contributed by atoms with van der Waals surface area (Å²) < 4.78 is 0. The predicted octanol–water partition coefficient (Wildman–Crippen LogP) is 5.25. The highest BCUT2D eigenvalue weighted by atomic mass is 35.5. The van der Waals surface area contributed by atoms with E-state index in [1.807, 2.05) is 50.2 Å². The first-order chi connectivity index (χ1) is 10.8. The van der Waals surface area contributed by atoms with Gasteiger partial charge in [-0.3, -0.25) is 4.79 Å². The summed E-state index contributed by atoms with van der Waals surface area (Å²) in [6.07, 6.45) is 0. The van der Waals surface area contributed by atoms with Gasteiger partial charge in [0.1, 0.15) is 0 Å². The van der Waals surface area contributed by atoms with Crippen molar-refractivity contribution in [2.45, 2.75) is 25.7 Å². The van der Waals surface area contributed by atoms with Gasteiger partial charge in [-0.2, -0.15) is 0 Å². The maximum Gasteiger partial charge on any atom is 0.316 e. The van der Waals surface area contributed by atoms with Crippen molar-refractivity contribution in [3.63, 3.8) is 0 Å². The maximum absolute atomic E-state index is 11.5. The van der Waals surface area contributed by atoms with E-state index in [0.717, 1.165) is 0 Å². The highest BCUT2D eigenvalue weighted by Crippen LogP contribution is 2.39. The average molecular weight is 316 g/mol. The Hall–Kier alpha value is -1.80. The lowest BCUT2D eigenvalue weighted by Crippen LogP contribution is -2.23. The number of hydrogen-bond acceptors (Lipinski definition) is 1. The van der Waals surface area contributed by atoms with Crippen LogP contribution in [0.5, 0.6) is 0 Å². The second kappa shape index (κ2) is 8.00. The highest BCUT2D eigenvalue weighted by molar-refractivity contribution is 6.62. The summed E-state index contributed by atoms with van der Waals surface area (Å²) in [5.41, 5.74) is 2.53. The van der Waals surface area contributed by atoms with Gasteiger partial charge in [0, 0.05) is 24.9 Å². The zero-order valence-corrected chi connectivity index (χ0v) is 13.8. The molecule has 0 aromatic heterocycles. The van der Waals surface area contributed by atoms with Crippen LogP contribution in [0, 0.1) is 0 Å². The number of carbonyl (C=O) groups is 1. The van der Waals surface area contributed by atoms with Crippen molar-refractivity contribution in [1.82, 2.24) is 4.90 Å². The molecule has 2 aromatic rings. The number of likely N-dealkylation sites (tertiary alicyclic amines) is 1. The third-order valence-electron chi connectivity index (χ3n) is 4.02. The SMILES string of the molecule is CC.O=C(Cl)N1CC(c2ccccc2)C(c2ccccc2)C1. The predicted molar refractivity (Wildman–Crippen MR) is 92.5 cm³/mol. The Kier molecular flexibility index (Phi) is 6.02. The molecule has 0 saturated carbocycles. The van der Waals surface area contributed by atoms with Gasteiger partial charge in [-0.25, -0.2) is 0 Å². The quantitative estimate of drug-likeness (QED) is 0.547. The fraction of sp³-hybridized carbons (Fsp3) is 0.316. The van der Waals surface area contributed by atoms with E-state index in [1.165, 1.54) is 11.1 Å². The van der Waals surface area contributed by atoms with Gasteiger partial charge < -0.3 is 4.90 Å². The average Bonchev–Trinajstić information content (AvgIpc) is 3.04. The van der Waals surface area contributed by atoms with Crippen molar-refractivity contribution >= 4 is 17.0 Å². The van der Waals surface area contributed by atoms with Crippen LogP contribution in [0.2, 0.25) is 0 Å². The summed E-state index contributed by atoms with van der Waals surface area (Å²) in [5.74, 6) is 0.614. The molecule has 2 unspecified atom stereocenters. The zero-order chi connectivity index (χ0) is 15.9. The number of rotatable bonds is 2. The second-order valence-electron chi connectivity index (χ2n) is 5.19. The van der Waals surface area contributed by atoms with Crippen molar-refractivity contribution in [2.24, 2.45) is 0 Å². The lowest BCUT2D eigenvalue weighted by Gasteiger charge is -2.18. The first-order valence-corrected chi connectivity index (χ1v) is 8.18. The van der Waals surface area contributed by atoms with Crippen LogP contribution >= 0.6 is 11.6 Å². The summed E-state index contributed by atoms with van der Waals surface area (Å²) in [7, 11) is 0. The molecule has 1 aliphatic rings. The highest BCUT2D eigenvalue weighted by Gasteiger charge is 2.36. The molecule has 3 rings (SSSR count). The fourth-order valence-corrected chi connectivity index (χ4v) is 3.16. The van der Waals surface area contributed by atoms with Gasteiger partial charge in [0.05, 0.1) is 0 Å². The molecule has 0 N–H and O–H groups in total. The van der Waals surface area contributed by atoms with E-state index < -0.39 is 0 Å². The number of benzene rings is 2. The number of carbonyl (C=O) groups excluding carboxylic acids is 1. The summed E-state index contributed by atoms with van der Waals surface area (Å²) >= 11 is 5.68. The molecule has 0 radical (unpaired) electrons. The van der Waals surface area contributed by atoms with Crippen LogP contribution in [0.3, 0.4) is 0 Å². The molecule has 1 fully saturated rings. The maximum atomic E-state index is 11.5. The van der Waals surface area contributed by atoms with Crippen molar-refractivity contribution in [2.75, 3.05) is 13.1 Å². The minimum Gasteiger partial charge on any atom is -0.328 e. The second-order valence-corrected chi connectivity index (χ2v) is 5.52. The van der Waals surface area contributed by atoms with Crippen LogP contribution in [-0.4, -0.2) is 23.4 Å². The molecule has 1 aliphatic heterocycles. The molecule has 3 heteroatoms. The van der Waals surface area contributed by atoms with Crippen molar-refractivity contribution in [3.8, 4) is 0 Å². The van der Waals surface area contributed by atoms with Gasteiger partial charge in [-0.05, 0) is 22.7 Å². The van der Waals surface area contributed by atoms with E-state index in [0.29, 0.717) is 24.9 Å². The van der Waals surface area contributed by atoms with Gasteiger partial charge in [0.2, 0.25) is 0 Å². The lowest BCUT2D eigenvalue weighted by atomic mass is 9.84. The van der Waals surface area contributed by atoms with Crippen LogP contribution in [0.1, 0.15) is 36.8 Å². The van der Waals surface area contributed by atoms with Crippen LogP contribution in [0.15, 0.2) is 60.7 Å². The van der Waals surface area contributed by atoms with Crippen molar-refractivity contribution < 1.29 is 4.79 Å². The smallest absolute Gasteiger partial charge is 0.316 e. The molecule has 116 valence electrons. The summed E-state index contributed by atoms with van der Waals surface area (Å²) in [6.45, 7) is 5.37. The van der Waals surface area contributed by atoms with Gasteiger partial charge in [-0.1, -0.05) is 74.5 Å². The molecule has 2 atom stereocenters. The van der Waals surface area contributed by atoms with Crippen LogP contribution in [-0.2, 0) is 0 Å².